The quantitative estimate of drug-likeness (QED) is 0.750. The van der Waals surface area contributed by atoms with Gasteiger partial charge in [0.1, 0.15) is 12.1 Å². The van der Waals surface area contributed by atoms with Crippen molar-refractivity contribution in [1.29, 1.82) is 0 Å². The highest BCUT2D eigenvalue weighted by molar-refractivity contribution is 5.95. The molecule has 5 nitrogen and oxygen atoms in total. The van der Waals surface area contributed by atoms with Gasteiger partial charge in [0.15, 0.2) is 0 Å². The summed E-state index contributed by atoms with van der Waals surface area (Å²) in [4.78, 5) is 21.4. The molecule has 2 rings (SSSR count). The summed E-state index contributed by atoms with van der Waals surface area (Å²) in [6.45, 7) is 0.925. The summed E-state index contributed by atoms with van der Waals surface area (Å²) in [7, 11) is 1.74. The number of nitrogens with one attached hydrogen (secondary N) is 1. The van der Waals surface area contributed by atoms with Crippen molar-refractivity contribution in [2.75, 3.05) is 18.5 Å². The van der Waals surface area contributed by atoms with Gasteiger partial charge in [-0.3, -0.25) is 9.69 Å². The van der Waals surface area contributed by atoms with Crippen LogP contribution in [-0.2, 0) is 4.79 Å². The van der Waals surface area contributed by atoms with Crippen LogP contribution in [0, 0.1) is 0 Å². The third kappa shape index (κ3) is 2.12. The lowest BCUT2D eigenvalue weighted by Crippen LogP contribution is -2.42. The second-order valence-electron chi connectivity index (χ2n) is 3.61. The van der Waals surface area contributed by atoms with Crippen molar-refractivity contribution in [3.05, 3.63) is 18.6 Å². The Bertz CT molecular complexity index is 335. The molecular formula is C10H14N4O. The van der Waals surface area contributed by atoms with Crippen LogP contribution < -0.4 is 10.2 Å². The van der Waals surface area contributed by atoms with E-state index < -0.39 is 0 Å². The zero-order valence-electron chi connectivity index (χ0n) is 8.68. The molecule has 80 valence electrons. The number of carbonyl (C=O) groups excluding carboxylic acids is 1. The van der Waals surface area contributed by atoms with E-state index in [-0.39, 0.29) is 11.9 Å². The minimum atomic E-state index is -0.0510. The molecule has 5 heteroatoms. The Hall–Kier alpha value is -1.49. The fourth-order valence-electron chi connectivity index (χ4n) is 1.72. The van der Waals surface area contributed by atoms with E-state index in [0.717, 1.165) is 19.4 Å². The van der Waals surface area contributed by atoms with E-state index >= 15 is 0 Å². The summed E-state index contributed by atoms with van der Waals surface area (Å²) in [5.41, 5.74) is 0. The monoisotopic (exact) mass is 206 g/mol. The van der Waals surface area contributed by atoms with Gasteiger partial charge in [-0.1, -0.05) is 0 Å². The Kier molecular flexibility index (Phi) is 2.91. The van der Waals surface area contributed by atoms with Gasteiger partial charge in [-0.2, -0.15) is 0 Å². The van der Waals surface area contributed by atoms with Crippen LogP contribution in [0.15, 0.2) is 18.6 Å². The standard InChI is InChI=1S/C10H14N4O/c1-14(9-4-6-11-7-13-9)10(15)8-3-2-5-12-8/h4,6-8,12H,2-3,5H2,1H3. The zero-order valence-corrected chi connectivity index (χ0v) is 8.68. The number of likely N-dealkylation sites (N-methyl/N-ethyl adjacent to an activating group) is 1. The maximum Gasteiger partial charge on any atom is 0.245 e. The Morgan fingerprint density at radius 1 is 1.67 bits per heavy atom. The van der Waals surface area contributed by atoms with E-state index in [1.165, 1.54) is 6.33 Å². The molecule has 1 N–H and O–H groups in total. The van der Waals surface area contributed by atoms with E-state index in [1.54, 1.807) is 24.2 Å². The highest BCUT2D eigenvalue weighted by Gasteiger charge is 2.25. The first kappa shape index (κ1) is 10.0. The molecular weight excluding hydrogens is 192 g/mol. The average molecular weight is 206 g/mol. The SMILES string of the molecule is CN(C(=O)C1CCCN1)c1ccncn1. The molecule has 1 unspecified atom stereocenters. The van der Waals surface area contributed by atoms with Crippen LogP contribution >= 0.6 is 0 Å². The number of hydrogen-bond acceptors (Lipinski definition) is 4. The lowest BCUT2D eigenvalue weighted by molar-refractivity contribution is -0.120. The van der Waals surface area contributed by atoms with E-state index in [9.17, 15) is 4.79 Å². The number of carbonyl (C=O) groups is 1. The van der Waals surface area contributed by atoms with E-state index in [0.29, 0.717) is 5.82 Å². The third-order valence-corrected chi connectivity index (χ3v) is 2.60. The molecule has 15 heavy (non-hydrogen) atoms. The topological polar surface area (TPSA) is 58.1 Å². The molecule has 1 saturated heterocycles. The van der Waals surface area contributed by atoms with E-state index in [1.807, 2.05) is 0 Å². The minimum Gasteiger partial charge on any atom is -0.306 e. The van der Waals surface area contributed by atoms with Gasteiger partial charge in [-0.15, -0.1) is 0 Å². The Labute approximate surface area is 88.5 Å². The number of anilines is 1. The number of hydrogen-bond donors (Lipinski definition) is 1. The van der Waals surface area contributed by atoms with Gasteiger partial charge < -0.3 is 5.32 Å². The lowest BCUT2D eigenvalue weighted by Gasteiger charge is -2.19. The average Bonchev–Trinajstić information content (AvgIpc) is 2.82. The van der Waals surface area contributed by atoms with Crippen molar-refractivity contribution in [3.63, 3.8) is 0 Å². The summed E-state index contributed by atoms with van der Waals surface area (Å²) in [6.07, 6.45) is 5.05. The number of amides is 1. The van der Waals surface area contributed by atoms with Gasteiger partial charge >= 0.3 is 0 Å². The maximum absolute atomic E-state index is 11.9. The molecule has 1 aromatic heterocycles. The van der Waals surface area contributed by atoms with Crippen molar-refractivity contribution in [2.45, 2.75) is 18.9 Å². The zero-order chi connectivity index (χ0) is 10.7. The van der Waals surface area contributed by atoms with Gasteiger partial charge in [0.2, 0.25) is 5.91 Å². The third-order valence-electron chi connectivity index (χ3n) is 2.60. The minimum absolute atomic E-state index is 0.0510. The lowest BCUT2D eigenvalue weighted by atomic mass is 10.2. The van der Waals surface area contributed by atoms with Crippen LogP contribution in [-0.4, -0.2) is 35.5 Å². The van der Waals surface area contributed by atoms with E-state index in [2.05, 4.69) is 15.3 Å². The summed E-state index contributed by atoms with van der Waals surface area (Å²) in [6, 6.07) is 1.68. The molecule has 1 amide bonds. The molecule has 1 aliphatic rings. The van der Waals surface area contributed by atoms with Gasteiger partial charge in [-0.25, -0.2) is 9.97 Å². The maximum atomic E-state index is 11.9. The molecule has 1 aromatic rings. The van der Waals surface area contributed by atoms with Crippen molar-refractivity contribution < 1.29 is 4.79 Å². The van der Waals surface area contributed by atoms with Crippen molar-refractivity contribution in [3.8, 4) is 0 Å². The first-order valence-electron chi connectivity index (χ1n) is 5.06. The van der Waals surface area contributed by atoms with Crippen LogP contribution in [0.1, 0.15) is 12.8 Å². The molecule has 0 radical (unpaired) electrons. The van der Waals surface area contributed by atoms with Crippen molar-refractivity contribution in [1.82, 2.24) is 15.3 Å². The Balaban J connectivity index is 2.07. The van der Waals surface area contributed by atoms with Crippen LogP contribution in [0.4, 0.5) is 5.82 Å². The van der Waals surface area contributed by atoms with Gasteiger partial charge in [0.25, 0.3) is 0 Å². The second-order valence-corrected chi connectivity index (χ2v) is 3.61. The molecule has 0 saturated carbocycles. The summed E-state index contributed by atoms with van der Waals surface area (Å²) < 4.78 is 0. The van der Waals surface area contributed by atoms with Crippen molar-refractivity contribution in [2.24, 2.45) is 0 Å². The predicted octanol–water partition coefficient (Wildman–Crippen LogP) is 0.191. The van der Waals surface area contributed by atoms with Crippen LogP contribution in [0.2, 0.25) is 0 Å². The Morgan fingerprint density at radius 3 is 3.13 bits per heavy atom. The Morgan fingerprint density at radius 2 is 2.53 bits per heavy atom. The van der Waals surface area contributed by atoms with Crippen molar-refractivity contribution >= 4 is 11.7 Å². The normalized spacial score (nSPS) is 20.2. The van der Waals surface area contributed by atoms with Gasteiger partial charge in [0, 0.05) is 13.2 Å². The summed E-state index contributed by atoms with van der Waals surface area (Å²) in [5.74, 6) is 0.718. The molecule has 1 fully saturated rings. The van der Waals surface area contributed by atoms with Crippen LogP contribution in [0.25, 0.3) is 0 Å². The highest BCUT2D eigenvalue weighted by atomic mass is 16.2. The first-order chi connectivity index (χ1) is 7.29. The molecule has 1 atom stereocenters. The predicted molar refractivity (Wildman–Crippen MR) is 56.5 cm³/mol. The van der Waals surface area contributed by atoms with Gasteiger partial charge in [-0.05, 0) is 25.5 Å². The largest absolute Gasteiger partial charge is 0.306 e. The fourth-order valence-corrected chi connectivity index (χ4v) is 1.72. The van der Waals surface area contributed by atoms with Crippen LogP contribution in [0.5, 0.6) is 0 Å². The molecule has 2 heterocycles. The molecule has 0 aromatic carbocycles. The number of aromatic nitrogens is 2. The highest BCUT2D eigenvalue weighted by Crippen LogP contribution is 2.12. The second kappa shape index (κ2) is 4.35. The number of nitrogens with zero attached hydrogens (tertiary/aromatic N) is 3. The summed E-state index contributed by atoms with van der Waals surface area (Å²) >= 11 is 0. The first-order valence-corrected chi connectivity index (χ1v) is 5.06. The molecule has 0 spiro atoms. The van der Waals surface area contributed by atoms with Gasteiger partial charge in [0.05, 0.1) is 6.04 Å². The number of rotatable bonds is 2. The smallest absolute Gasteiger partial charge is 0.245 e. The molecule has 0 aliphatic carbocycles. The van der Waals surface area contributed by atoms with Crippen LogP contribution in [0.3, 0.4) is 0 Å². The summed E-state index contributed by atoms with van der Waals surface area (Å²) in [5, 5.41) is 3.17. The molecule has 0 bridgehead atoms. The fraction of sp³-hybridized carbons (Fsp3) is 0.500. The van der Waals surface area contributed by atoms with E-state index in [4.69, 9.17) is 0 Å². The molecule has 1 aliphatic heterocycles.